The number of aryl methyl sites for hydroxylation is 1. The normalized spacial score (nSPS) is 10.1. The molecule has 0 bridgehead atoms. The van der Waals surface area contributed by atoms with Crippen LogP contribution in [-0.2, 0) is 20.7 Å². The highest BCUT2D eigenvalue weighted by molar-refractivity contribution is 5.69. The summed E-state index contributed by atoms with van der Waals surface area (Å²) in [5.74, 6) is -0.245. The van der Waals surface area contributed by atoms with Crippen LogP contribution in [0, 0.1) is 0 Å². The van der Waals surface area contributed by atoms with E-state index in [1.54, 1.807) is 0 Å². The lowest BCUT2D eigenvalue weighted by Crippen LogP contribution is -2.09. The quantitative estimate of drug-likeness (QED) is 0.345. The molecular weight excluding hydrogens is 206 g/mol. The van der Waals surface area contributed by atoms with E-state index in [9.17, 15) is 4.79 Å². The van der Waals surface area contributed by atoms with Gasteiger partial charge in [-0.2, -0.15) is 0 Å². The number of rotatable bonds is 6. The van der Waals surface area contributed by atoms with Crippen molar-refractivity contribution in [1.29, 1.82) is 0 Å². The minimum absolute atomic E-state index is 0.0388. The summed E-state index contributed by atoms with van der Waals surface area (Å²) in [5.41, 5.74) is 7.35. The Bertz CT molecular complexity index is 322. The van der Waals surface area contributed by atoms with E-state index >= 15 is 0 Å². The van der Waals surface area contributed by atoms with Gasteiger partial charge in [-0.05, 0) is 31.0 Å². The van der Waals surface area contributed by atoms with E-state index in [1.165, 1.54) is 0 Å². The zero-order chi connectivity index (χ0) is 11.8. The van der Waals surface area contributed by atoms with Gasteiger partial charge in [0.1, 0.15) is 0 Å². The Morgan fingerprint density at radius 2 is 2.00 bits per heavy atom. The van der Waals surface area contributed by atoms with Crippen LogP contribution in [0.4, 0.5) is 5.69 Å². The Kier molecular flexibility index (Phi) is 5.36. The molecule has 1 rings (SSSR count). The molecule has 1 aromatic rings. The molecule has 0 aliphatic heterocycles. The highest BCUT2D eigenvalue weighted by Gasteiger charge is 2.03. The Balaban J connectivity index is 2.23. The van der Waals surface area contributed by atoms with Crippen LogP contribution in [0.1, 0.15) is 18.9 Å². The molecule has 0 saturated heterocycles. The number of benzene rings is 1. The fourth-order valence-corrected chi connectivity index (χ4v) is 1.19. The molecule has 0 aliphatic carbocycles. The molecule has 0 heterocycles. The van der Waals surface area contributed by atoms with Gasteiger partial charge < -0.3 is 15.2 Å². The maximum Gasteiger partial charge on any atom is 0.308 e. The number of nitrogen functional groups attached to an aromatic ring is 1. The second-order valence-corrected chi connectivity index (χ2v) is 3.37. The zero-order valence-corrected chi connectivity index (χ0v) is 9.44. The van der Waals surface area contributed by atoms with Crippen molar-refractivity contribution in [2.45, 2.75) is 19.8 Å². The third-order valence-electron chi connectivity index (χ3n) is 2.10. The predicted molar refractivity (Wildman–Crippen MR) is 61.8 cm³/mol. The number of carbonyl (C=O) groups excluding carboxylic acids is 1. The van der Waals surface area contributed by atoms with Crippen molar-refractivity contribution >= 4 is 11.7 Å². The molecule has 0 spiro atoms. The molecule has 0 saturated carbocycles. The van der Waals surface area contributed by atoms with Gasteiger partial charge >= 0.3 is 5.97 Å². The molecule has 0 atom stereocenters. The second kappa shape index (κ2) is 6.85. The molecular formula is C12H17NO3. The van der Waals surface area contributed by atoms with E-state index in [4.69, 9.17) is 15.2 Å². The molecule has 2 N–H and O–H groups in total. The molecule has 0 fully saturated rings. The summed E-state index contributed by atoms with van der Waals surface area (Å²) in [5, 5.41) is 0. The molecule has 16 heavy (non-hydrogen) atoms. The molecule has 88 valence electrons. The van der Waals surface area contributed by atoms with Gasteiger partial charge in [-0.1, -0.05) is 12.1 Å². The Morgan fingerprint density at radius 3 is 2.62 bits per heavy atom. The van der Waals surface area contributed by atoms with Crippen molar-refractivity contribution in [3.63, 3.8) is 0 Å². The van der Waals surface area contributed by atoms with Gasteiger partial charge in [-0.15, -0.1) is 0 Å². The van der Waals surface area contributed by atoms with Gasteiger partial charge in [-0.3, -0.25) is 4.79 Å². The summed E-state index contributed by atoms with van der Waals surface area (Å²) in [7, 11) is 0. The number of hydrogen-bond acceptors (Lipinski definition) is 4. The van der Waals surface area contributed by atoms with Crippen molar-refractivity contribution < 1.29 is 14.3 Å². The fourth-order valence-electron chi connectivity index (χ4n) is 1.19. The van der Waals surface area contributed by atoms with Crippen LogP contribution in [0.5, 0.6) is 0 Å². The van der Waals surface area contributed by atoms with Crippen molar-refractivity contribution in [1.82, 2.24) is 0 Å². The van der Waals surface area contributed by atoms with E-state index in [0.29, 0.717) is 19.4 Å². The van der Waals surface area contributed by atoms with E-state index in [0.717, 1.165) is 11.3 Å². The van der Waals surface area contributed by atoms with Crippen molar-refractivity contribution in [2.75, 3.05) is 19.1 Å². The number of hydrogen-bond donors (Lipinski definition) is 1. The summed E-state index contributed by atoms with van der Waals surface area (Å²) in [4.78, 5) is 11.2. The fraction of sp³-hybridized carbons (Fsp3) is 0.417. The molecule has 4 heteroatoms. The van der Waals surface area contributed by atoms with Gasteiger partial charge in [0.05, 0.1) is 0 Å². The van der Waals surface area contributed by atoms with Crippen molar-refractivity contribution in [2.24, 2.45) is 0 Å². The van der Waals surface area contributed by atoms with Crippen LogP contribution in [0.25, 0.3) is 0 Å². The van der Waals surface area contributed by atoms with Crippen LogP contribution in [-0.4, -0.2) is 19.4 Å². The SMILES string of the molecule is CCOCOC(=O)CCc1ccc(N)cc1. The minimum Gasteiger partial charge on any atom is -0.438 e. The number of ether oxygens (including phenoxy) is 2. The topological polar surface area (TPSA) is 61.5 Å². The molecule has 0 radical (unpaired) electrons. The van der Waals surface area contributed by atoms with Gasteiger partial charge in [0.25, 0.3) is 0 Å². The molecule has 0 aromatic heterocycles. The summed E-state index contributed by atoms with van der Waals surface area (Å²) in [6, 6.07) is 7.46. The first-order valence-corrected chi connectivity index (χ1v) is 5.30. The van der Waals surface area contributed by atoms with E-state index in [-0.39, 0.29) is 12.8 Å². The standard InChI is InChI=1S/C12H17NO3/c1-2-15-9-16-12(14)8-5-10-3-6-11(13)7-4-10/h3-4,6-7H,2,5,8-9,13H2,1H3. The largest absolute Gasteiger partial charge is 0.438 e. The van der Waals surface area contributed by atoms with Crippen LogP contribution >= 0.6 is 0 Å². The van der Waals surface area contributed by atoms with E-state index in [1.807, 2.05) is 31.2 Å². The summed E-state index contributed by atoms with van der Waals surface area (Å²) in [6.07, 6.45) is 1.02. The lowest BCUT2D eigenvalue weighted by Gasteiger charge is -2.04. The third-order valence-corrected chi connectivity index (χ3v) is 2.10. The zero-order valence-electron chi connectivity index (χ0n) is 9.44. The van der Waals surface area contributed by atoms with Gasteiger partial charge in [0, 0.05) is 18.7 Å². The summed E-state index contributed by atoms with van der Waals surface area (Å²) in [6.45, 7) is 2.44. The molecule has 1 aromatic carbocycles. The molecule has 4 nitrogen and oxygen atoms in total. The molecule has 0 unspecified atom stereocenters. The lowest BCUT2D eigenvalue weighted by atomic mass is 10.1. The number of nitrogens with two attached hydrogens (primary N) is 1. The average molecular weight is 223 g/mol. The summed E-state index contributed by atoms with van der Waals surface area (Å²) < 4.78 is 9.75. The van der Waals surface area contributed by atoms with Crippen LogP contribution < -0.4 is 5.73 Å². The summed E-state index contributed by atoms with van der Waals surface area (Å²) >= 11 is 0. The molecule has 0 aliphatic rings. The second-order valence-electron chi connectivity index (χ2n) is 3.37. The maximum atomic E-state index is 11.2. The first kappa shape index (κ1) is 12.5. The van der Waals surface area contributed by atoms with E-state index in [2.05, 4.69) is 0 Å². The Labute approximate surface area is 95.3 Å². The highest BCUT2D eigenvalue weighted by atomic mass is 16.7. The maximum absolute atomic E-state index is 11.2. The number of anilines is 1. The molecule has 0 amide bonds. The lowest BCUT2D eigenvalue weighted by molar-refractivity contribution is -0.155. The van der Waals surface area contributed by atoms with Gasteiger partial charge in [-0.25, -0.2) is 0 Å². The van der Waals surface area contributed by atoms with Crippen molar-refractivity contribution in [3.8, 4) is 0 Å². The number of esters is 1. The smallest absolute Gasteiger partial charge is 0.308 e. The van der Waals surface area contributed by atoms with Gasteiger partial charge in [0.2, 0.25) is 0 Å². The average Bonchev–Trinajstić information content (AvgIpc) is 2.29. The van der Waals surface area contributed by atoms with Crippen LogP contribution in [0.15, 0.2) is 24.3 Å². The van der Waals surface area contributed by atoms with Crippen molar-refractivity contribution in [3.05, 3.63) is 29.8 Å². The number of carbonyl (C=O) groups is 1. The van der Waals surface area contributed by atoms with Crippen LogP contribution in [0.3, 0.4) is 0 Å². The monoisotopic (exact) mass is 223 g/mol. The van der Waals surface area contributed by atoms with Crippen LogP contribution in [0.2, 0.25) is 0 Å². The Hall–Kier alpha value is -1.55. The third kappa shape index (κ3) is 4.79. The minimum atomic E-state index is -0.245. The predicted octanol–water partition coefficient (Wildman–Crippen LogP) is 1.74. The van der Waals surface area contributed by atoms with E-state index < -0.39 is 0 Å². The Morgan fingerprint density at radius 1 is 1.31 bits per heavy atom. The first-order valence-electron chi connectivity index (χ1n) is 5.30. The highest BCUT2D eigenvalue weighted by Crippen LogP contribution is 2.07. The first-order chi connectivity index (χ1) is 7.72. The van der Waals surface area contributed by atoms with Gasteiger partial charge in [0.15, 0.2) is 6.79 Å².